The van der Waals surface area contributed by atoms with Gasteiger partial charge in [0.25, 0.3) is 11.8 Å². The number of hydrogen-bond donors (Lipinski definition) is 2. The van der Waals surface area contributed by atoms with Gasteiger partial charge in [0.1, 0.15) is 6.04 Å². The van der Waals surface area contributed by atoms with Gasteiger partial charge in [0.05, 0.1) is 11.1 Å². The highest BCUT2D eigenvalue weighted by atomic mass is 16.2. The highest BCUT2D eigenvalue weighted by Crippen LogP contribution is 2.25. The van der Waals surface area contributed by atoms with Gasteiger partial charge in [-0.3, -0.25) is 19.3 Å². The lowest BCUT2D eigenvalue weighted by atomic mass is 10.1. The maximum atomic E-state index is 12.4. The number of hydrogen-bond acceptors (Lipinski definition) is 4. The fraction of sp³-hybridized carbons (Fsp3) is 0.118. The van der Waals surface area contributed by atoms with Crippen LogP contribution in [0, 0.1) is 0 Å². The molecule has 6 heteroatoms. The van der Waals surface area contributed by atoms with Gasteiger partial charge in [0, 0.05) is 11.4 Å². The molecule has 0 saturated carbocycles. The third-order valence-corrected chi connectivity index (χ3v) is 3.77. The molecule has 6 nitrogen and oxygen atoms in total. The Hall–Kier alpha value is -3.15. The molecule has 1 unspecified atom stereocenters. The van der Waals surface area contributed by atoms with Crippen LogP contribution in [0.3, 0.4) is 0 Å². The molecule has 1 heterocycles. The van der Waals surface area contributed by atoms with Crippen LogP contribution in [-0.4, -0.2) is 28.7 Å². The van der Waals surface area contributed by atoms with Crippen LogP contribution in [0.1, 0.15) is 27.6 Å². The quantitative estimate of drug-likeness (QED) is 0.669. The number of carbonyl (C=O) groups is 3. The number of nitrogens with two attached hydrogens (primary N) is 1. The Morgan fingerprint density at radius 3 is 2.04 bits per heavy atom. The lowest BCUT2D eigenvalue weighted by Crippen LogP contribution is -2.45. The second-order valence-electron chi connectivity index (χ2n) is 5.31. The van der Waals surface area contributed by atoms with Gasteiger partial charge in [0.2, 0.25) is 5.91 Å². The third-order valence-electron chi connectivity index (χ3n) is 3.77. The highest BCUT2D eigenvalue weighted by molar-refractivity contribution is 6.23. The van der Waals surface area contributed by atoms with Crippen LogP contribution in [0.15, 0.2) is 48.5 Å². The third kappa shape index (κ3) is 2.55. The average molecular weight is 309 g/mol. The van der Waals surface area contributed by atoms with E-state index in [2.05, 4.69) is 5.32 Å². The molecule has 23 heavy (non-hydrogen) atoms. The number of fused-ring (bicyclic) bond motifs is 1. The number of anilines is 2. The molecule has 3 rings (SSSR count). The molecule has 0 spiro atoms. The Morgan fingerprint density at radius 1 is 1.00 bits per heavy atom. The van der Waals surface area contributed by atoms with Gasteiger partial charge in [-0.25, -0.2) is 0 Å². The SMILES string of the molecule is CC(C(=O)Nc1ccc(N)cc1)N1C(=O)c2ccccc2C1=O. The zero-order chi connectivity index (χ0) is 16.6. The first-order valence-corrected chi connectivity index (χ1v) is 7.12. The monoisotopic (exact) mass is 309 g/mol. The van der Waals surface area contributed by atoms with E-state index in [0.717, 1.165) is 4.90 Å². The van der Waals surface area contributed by atoms with E-state index < -0.39 is 23.8 Å². The number of nitrogens with zero attached hydrogens (tertiary/aromatic N) is 1. The van der Waals surface area contributed by atoms with E-state index >= 15 is 0 Å². The van der Waals surface area contributed by atoms with Gasteiger partial charge < -0.3 is 11.1 Å². The van der Waals surface area contributed by atoms with Crippen molar-refractivity contribution in [1.29, 1.82) is 0 Å². The minimum Gasteiger partial charge on any atom is -0.399 e. The van der Waals surface area contributed by atoms with E-state index in [9.17, 15) is 14.4 Å². The molecule has 0 aromatic heterocycles. The van der Waals surface area contributed by atoms with Crippen molar-refractivity contribution >= 4 is 29.1 Å². The zero-order valence-corrected chi connectivity index (χ0v) is 12.4. The second-order valence-corrected chi connectivity index (χ2v) is 5.31. The van der Waals surface area contributed by atoms with Gasteiger partial charge in [0.15, 0.2) is 0 Å². The number of amides is 3. The summed E-state index contributed by atoms with van der Waals surface area (Å²) in [6.45, 7) is 1.52. The van der Waals surface area contributed by atoms with E-state index in [0.29, 0.717) is 22.5 Å². The summed E-state index contributed by atoms with van der Waals surface area (Å²) in [4.78, 5) is 38.0. The van der Waals surface area contributed by atoms with E-state index in [1.54, 1.807) is 48.5 Å². The molecule has 0 fully saturated rings. The summed E-state index contributed by atoms with van der Waals surface area (Å²) in [5, 5.41) is 2.67. The maximum Gasteiger partial charge on any atom is 0.262 e. The Bertz CT molecular complexity index is 764. The first-order valence-electron chi connectivity index (χ1n) is 7.12. The topological polar surface area (TPSA) is 92.5 Å². The van der Waals surface area contributed by atoms with Crippen LogP contribution >= 0.6 is 0 Å². The van der Waals surface area contributed by atoms with Crippen LogP contribution < -0.4 is 11.1 Å². The van der Waals surface area contributed by atoms with Gasteiger partial charge in [-0.15, -0.1) is 0 Å². The summed E-state index contributed by atoms with van der Waals surface area (Å²) in [7, 11) is 0. The summed E-state index contributed by atoms with van der Waals surface area (Å²) < 4.78 is 0. The van der Waals surface area contributed by atoms with Gasteiger partial charge >= 0.3 is 0 Å². The summed E-state index contributed by atoms with van der Waals surface area (Å²) in [6.07, 6.45) is 0. The molecule has 1 atom stereocenters. The highest BCUT2D eigenvalue weighted by Gasteiger charge is 2.40. The van der Waals surface area contributed by atoms with E-state index in [1.165, 1.54) is 6.92 Å². The van der Waals surface area contributed by atoms with Crippen molar-refractivity contribution in [2.45, 2.75) is 13.0 Å². The molecular weight excluding hydrogens is 294 g/mol. The Morgan fingerprint density at radius 2 is 1.52 bits per heavy atom. The number of carbonyl (C=O) groups excluding carboxylic acids is 3. The molecule has 3 amide bonds. The Labute approximate surface area is 132 Å². The lowest BCUT2D eigenvalue weighted by molar-refractivity contribution is -0.119. The number of nitrogens with one attached hydrogen (secondary N) is 1. The molecule has 1 aliphatic heterocycles. The van der Waals surface area contributed by atoms with E-state index in [4.69, 9.17) is 5.73 Å². The second kappa shape index (κ2) is 5.57. The molecule has 1 aliphatic rings. The Balaban J connectivity index is 1.79. The average Bonchev–Trinajstić information content (AvgIpc) is 2.81. The van der Waals surface area contributed by atoms with Crippen molar-refractivity contribution in [3.05, 3.63) is 59.7 Å². The van der Waals surface area contributed by atoms with Crippen molar-refractivity contribution in [3.8, 4) is 0 Å². The standard InChI is InChI=1S/C17H15N3O3/c1-10(15(21)19-12-8-6-11(18)7-9-12)20-16(22)13-4-2-3-5-14(13)17(20)23/h2-10H,18H2,1H3,(H,19,21). The predicted octanol–water partition coefficient (Wildman–Crippen LogP) is 1.89. The molecule has 0 bridgehead atoms. The molecule has 2 aromatic rings. The van der Waals surface area contributed by atoms with Crippen molar-refractivity contribution in [3.63, 3.8) is 0 Å². The minimum absolute atomic E-state index is 0.324. The molecule has 116 valence electrons. The number of imide groups is 1. The molecule has 2 aromatic carbocycles. The summed E-state index contributed by atoms with van der Waals surface area (Å²) in [5.41, 5.74) is 7.37. The lowest BCUT2D eigenvalue weighted by Gasteiger charge is -2.21. The number of benzene rings is 2. The number of rotatable bonds is 3. The smallest absolute Gasteiger partial charge is 0.262 e. The molecule has 0 aliphatic carbocycles. The van der Waals surface area contributed by atoms with Crippen molar-refractivity contribution < 1.29 is 14.4 Å². The van der Waals surface area contributed by atoms with Crippen molar-refractivity contribution in [2.75, 3.05) is 11.1 Å². The molecule has 0 radical (unpaired) electrons. The summed E-state index contributed by atoms with van der Waals surface area (Å²) in [6, 6.07) is 12.2. The normalized spacial score (nSPS) is 14.6. The Kier molecular flexibility index (Phi) is 3.57. The van der Waals surface area contributed by atoms with Crippen LogP contribution in [0.25, 0.3) is 0 Å². The molecular formula is C17H15N3O3. The zero-order valence-electron chi connectivity index (χ0n) is 12.4. The van der Waals surface area contributed by atoms with Gasteiger partial charge in [-0.05, 0) is 43.3 Å². The van der Waals surface area contributed by atoms with Gasteiger partial charge in [-0.1, -0.05) is 12.1 Å². The van der Waals surface area contributed by atoms with Crippen LogP contribution in [0.2, 0.25) is 0 Å². The maximum absolute atomic E-state index is 12.4. The molecule has 0 saturated heterocycles. The predicted molar refractivity (Wildman–Crippen MR) is 85.9 cm³/mol. The fourth-order valence-corrected chi connectivity index (χ4v) is 2.49. The minimum atomic E-state index is -0.917. The largest absolute Gasteiger partial charge is 0.399 e. The van der Waals surface area contributed by atoms with Gasteiger partial charge in [-0.2, -0.15) is 0 Å². The van der Waals surface area contributed by atoms with Crippen molar-refractivity contribution in [2.24, 2.45) is 0 Å². The van der Waals surface area contributed by atoms with E-state index in [-0.39, 0.29) is 0 Å². The summed E-state index contributed by atoms with van der Waals surface area (Å²) in [5.74, 6) is -1.35. The van der Waals surface area contributed by atoms with Crippen LogP contribution in [-0.2, 0) is 4.79 Å². The van der Waals surface area contributed by atoms with Crippen molar-refractivity contribution in [1.82, 2.24) is 4.90 Å². The van der Waals surface area contributed by atoms with Crippen LogP contribution in [0.4, 0.5) is 11.4 Å². The van der Waals surface area contributed by atoms with E-state index in [1.807, 2.05) is 0 Å². The molecule has 3 N–H and O–H groups in total. The number of nitrogen functional groups attached to an aromatic ring is 1. The summed E-state index contributed by atoms with van der Waals surface area (Å²) >= 11 is 0. The first-order chi connectivity index (χ1) is 11.0. The van der Waals surface area contributed by atoms with Crippen LogP contribution in [0.5, 0.6) is 0 Å². The first kappa shape index (κ1) is 14.8. The fourth-order valence-electron chi connectivity index (χ4n) is 2.49.